The van der Waals surface area contributed by atoms with Crippen molar-refractivity contribution in [3.8, 4) is 0 Å². The van der Waals surface area contributed by atoms with Gasteiger partial charge in [-0.3, -0.25) is 29.4 Å². The Balaban J connectivity index is 1.13. The van der Waals surface area contributed by atoms with Crippen LogP contribution in [0, 0.1) is 0 Å². The maximum absolute atomic E-state index is 12.9. The van der Waals surface area contributed by atoms with Crippen LogP contribution in [0.15, 0.2) is 18.2 Å². The van der Waals surface area contributed by atoms with E-state index in [-0.39, 0.29) is 36.1 Å². The number of likely N-dealkylation sites (N-methyl/N-ethyl adjacent to an activating group) is 1. The maximum atomic E-state index is 12.9. The second-order valence-corrected chi connectivity index (χ2v) is 9.98. The molecule has 2 atom stereocenters. The van der Waals surface area contributed by atoms with Crippen molar-refractivity contribution >= 4 is 29.3 Å². The molecule has 2 N–H and O–H groups in total. The average Bonchev–Trinajstić information content (AvgIpc) is 3.51. The Morgan fingerprint density at radius 2 is 1.91 bits per heavy atom. The first-order valence-corrected chi connectivity index (χ1v) is 12.6. The first kappa shape index (κ1) is 23.7. The van der Waals surface area contributed by atoms with E-state index in [1.807, 2.05) is 24.1 Å². The normalized spacial score (nSPS) is 25.1. The second kappa shape index (κ2) is 9.94. The number of fused-ring (bicyclic) bond motifs is 1. The summed E-state index contributed by atoms with van der Waals surface area (Å²) in [4.78, 5) is 57.3. The first-order valence-electron chi connectivity index (χ1n) is 12.6. The van der Waals surface area contributed by atoms with E-state index >= 15 is 0 Å². The van der Waals surface area contributed by atoms with Crippen LogP contribution in [-0.4, -0.2) is 103 Å². The highest BCUT2D eigenvalue weighted by Crippen LogP contribution is 2.31. The van der Waals surface area contributed by atoms with Gasteiger partial charge in [0.1, 0.15) is 6.04 Å². The number of piperidine rings is 1. The van der Waals surface area contributed by atoms with Crippen LogP contribution in [0.5, 0.6) is 0 Å². The molecular weight excluding hydrogens is 448 g/mol. The van der Waals surface area contributed by atoms with Gasteiger partial charge in [-0.25, -0.2) is 0 Å². The van der Waals surface area contributed by atoms with Crippen molar-refractivity contribution in [3.05, 3.63) is 29.3 Å². The minimum Gasteiger partial charge on any atom is -0.369 e. The fraction of sp³-hybridized carbons (Fsp3) is 0.600. The monoisotopic (exact) mass is 482 g/mol. The van der Waals surface area contributed by atoms with Gasteiger partial charge in [0.05, 0.1) is 6.04 Å². The number of rotatable bonds is 6. The van der Waals surface area contributed by atoms with Crippen LogP contribution in [0.4, 0.5) is 5.69 Å². The molecule has 0 bridgehead atoms. The van der Waals surface area contributed by atoms with Crippen LogP contribution in [0.3, 0.4) is 0 Å². The second-order valence-electron chi connectivity index (χ2n) is 9.98. The van der Waals surface area contributed by atoms with E-state index in [4.69, 9.17) is 0 Å². The zero-order chi connectivity index (χ0) is 24.5. The Bertz CT molecular complexity index is 1020. The SMILES string of the molecule is CN(CCN1CCN(c2ccc3c(c2)CN(C2CCC(=O)NC2=O)C3=O)CC1)C(=O)C1CCCN1. The van der Waals surface area contributed by atoms with Gasteiger partial charge in [-0.1, -0.05) is 0 Å². The molecule has 1 aromatic rings. The Morgan fingerprint density at radius 1 is 1.11 bits per heavy atom. The van der Waals surface area contributed by atoms with E-state index in [0.29, 0.717) is 18.5 Å². The van der Waals surface area contributed by atoms with Crippen molar-refractivity contribution in [2.45, 2.75) is 44.3 Å². The van der Waals surface area contributed by atoms with Gasteiger partial charge < -0.3 is 20.0 Å². The van der Waals surface area contributed by atoms with Gasteiger partial charge in [0.2, 0.25) is 17.7 Å². The van der Waals surface area contributed by atoms with Gasteiger partial charge in [0.25, 0.3) is 5.91 Å². The van der Waals surface area contributed by atoms with Crippen LogP contribution < -0.4 is 15.5 Å². The predicted molar refractivity (Wildman–Crippen MR) is 130 cm³/mol. The molecule has 4 amide bonds. The molecule has 0 saturated carbocycles. The molecule has 4 heterocycles. The molecule has 0 spiro atoms. The molecule has 0 radical (unpaired) electrons. The molecule has 35 heavy (non-hydrogen) atoms. The van der Waals surface area contributed by atoms with Crippen molar-refractivity contribution in [1.82, 2.24) is 25.3 Å². The van der Waals surface area contributed by atoms with Crippen LogP contribution in [0.2, 0.25) is 0 Å². The highest BCUT2D eigenvalue weighted by Gasteiger charge is 2.39. The fourth-order valence-corrected chi connectivity index (χ4v) is 5.55. The molecule has 5 rings (SSSR count). The van der Waals surface area contributed by atoms with Crippen LogP contribution in [0.1, 0.15) is 41.6 Å². The number of carbonyl (C=O) groups is 4. The molecule has 10 nitrogen and oxygen atoms in total. The van der Waals surface area contributed by atoms with E-state index < -0.39 is 6.04 Å². The van der Waals surface area contributed by atoms with E-state index in [2.05, 4.69) is 26.5 Å². The summed E-state index contributed by atoms with van der Waals surface area (Å²) in [5.41, 5.74) is 2.66. The van der Waals surface area contributed by atoms with Crippen molar-refractivity contribution in [1.29, 1.82) is 0 Å². The topological polar surface area (TPSA) is 105 Å². The third-order valence-electron chi connectivity index (χ3n) is 7.73. The Morgan fingerprint density at radius 3 is 2.63 bits per heavy atom. The zero-order valence-corrected chi connectivity index (χ0v) is 20.3. The molecule has 2 unspecified atom stereocenters. The maximum Gasteiger partial charge on any atom is 0.255 e. The third-order valence-corrected chi connectivity index (χ3v) is 7.73. The van der Waals surface area contributed by atoms with E-state index in [1.165, 1.54) is 0 Å². The van der Waals surface area contributed by atoms with Crippen LogP contribution in [0.25, 0.3) is 0 Å². The van der Waals surface area contributed by atoms with Gasteiger partial charge >= 0.3 is 0 Å². The number of nitrogens with zero attached hydrogens (tertiary/aromatic N) is 4. The van der Waals surface area contributed by atoms with E-state index in [1.54, 1.807) is 4.90 Å². The van der Waals surface area contributed by atoms with Crippen molar-refractivity contribution in [2.75, 3.05) is 57.8 Å². The lowest BCUT2D eigenvalue weighted by atomic mass is 10.0. The minimum absolute atomic E-state index is 0.0190. The Labute approximate surface area is 205 Å². The van der Waals surface area contributed by atoms with Crippen LogP contribution in [-0.2, 0) is 20.9 Å². The fourth-order valence-electron chi connectivity index (χ4n) is 5.55. The molecule has 188 valence electrons. The lowest BCUT2D eigenvalue weighted by Gasteiger charge is -2.37. The van der Waals surface area contributed by atoms with Gasteiger partial charge in [-0.2, -0.15) is 0 Å². The zero-order valence-electron chi connectivity index (χ0n) is 20.3. The lowest BCUT2D eigenvalue weighted by molar-refractivity contribution is -0.137. The summed E-state index contributed by atoms with van der Waals surface area (Å²) in [6, 6.07) is 5.31. The molecule has 0 aromatic heterocycles. The minimum atomic E-state index is -0.589. The van der Waals surface area contributed by atoms with Crippen molar-refractivity contribution < 1.29 is 19.2 Å². The highest BCUT2D eigenvalue weighted by atomic mass is 16.2. The summed E-state index contributed by atoms with van der Waals surface area (Å²) in [6.07, 6.45) is 2.63. The third kappa shape index (κ3) is 4.90. The lowest BCUT2D eigenvalue weighted by Crippen LogP contribution is -2.52. The summed E-state index contributed by atoms with van der Waals surface area (Å²) in [5, 5.41) is 5.62. The summed E-state index contributed by atoms with van der Waals surface area (Å²) in [7, 11) is 1.89. The molecule has 3 saturated heterocycles. The number of anilines is 1. The van der Waals surface area contributed by atoms with Gasteiger partial charge in [0, 0.05) is 70.5 Å². The summed E-state index contributed by atoms with van der Waals surface area (Å²) >= 11 is 0. The van der Waals surface area contributed by atoms with E-state index in [9.17, 15) is 19.2 Å². The molecule has 4 aliphatic heterocycles. The molecule has 1 aromatic carbocycles. The standard InChI is InChI=1S/C25H34N6O4/c1-28(25(35)20-3-2-8-26-20)9-10-29-11-13-30(14-12-29)18-4-5-19-17(15-18)16-31(24(19)34)21-6-7-22(32)27-23(21)33/h4-5,15,20-21,26H,2-3,6-14,16H2,1H3,(H,27,32,33). The van der Waals surface area contributed by atoms with Gasteiger partial charge in [0.15, 0.2) is 0 Å². The largest absolute Gasteiger partial charge is 0.369 e. The Hall–Kier alpha value is -2.98. The smallest absolute Gasteiger partial charge is 0.255 e. The summed E-state index contributed by atoms with van der Waals surface area (Å²) in [6.45, 7) is 6.51. The molecule has 3 fully saturated rings. The predicted octanol–water partition coefficient (Wildman–Crippen LogP) is -0.220. The highest BCUT2D eigenvalue weighted by molar-refractivity contribution is 6.05. The van der Waals surface area contributed by atoms with Gasteiger partial charge in [-0.05, 0) is 49.6 Å². The summed E-state index contributed by atoms with van der Waals surface area (Å²) < 4.78 is 0. The first-order chi connectivity index (χ1) is 16.9. The molecule has 0 aliphatic carbocycles. The number of carbonyl (C=O) groups excluding carboxylic acids is 4. The number of hydrogen-bond acceptors (Lipinski definition) is 7. The van der Waals surface area contributed by atoms with Crippen molar-refractivity contribution in [2.24, 2.45) is 0 Å². The van der Waals surface area contributed by atoms with E-state index in [0.717, 1.165) is 69.9 Å². The summed E-state index contributed by atoms with van der Waals surface area (Å²) in [5.74, 6) is -0.607. The quantitative estimate of drug-likeness (QED) is 0.540. The molecule has 10 heteroatoms. The number of nitrogens with one attached hydrogen (secondary N) is 2. The average molecular weight is 483 g/mol. The number of piperazine rings is 1. The Kier molecular flexibility index (Phi) is 6.75. The van der Waals surface area contributed by atoms with Gasteiger partial charge in [-0.15, -0.1) is 0 Å². The number of benzene rings is 1. The van der Waals surface area contributed by atoms with Crippen molar-refractivity contribution in [3.63, 3.8) is 0 Å². The molecule has 4 aliphatic rings. The molecular formula is C25H34N6O4. The number of imide groups is 1. The number of amides is 4. The number of hydrogen-bond donors (Lipinski definition) is 2. The van der Waals surface area contributed by atoms with Crippen LogP contribution >= 0.6 is 0 Å².